The molecule has 1 atom stereocenters. The fraction of sp³-hybridized carbons (Fsp3) is 0.250. The molecule has 16 heavy (non-hydrogen) atoms. The van der Waals surface area contributed by atoms with Gasteiger partial charge in [0, 0.05) is 10.0 Å². The summed E-state index contributed by atoms with van der Waals surface area (Å²) in [6, 6.07) is 5.56. The summed E-state index contributed by atoms with van der Waals surface area (Å²) >= 11 is 3.31. The van der Waals surface area contributed by atoms with Crippen LogP contribution in [-0.2, 0) is 11.2 Å². The van der Waals surface area contributed by atoms with E-state index in [0.717, 1.165) is 16.5 Å². The number of rotatable bonds is 2. The molecule has 1 aliphatic carbocycles. The van der Waals surface area contributed by atoms with Gasteiger partial charge >= 0.3 is 5.97 Å². The Morgan fingerprint density at radius 2 is 2.25 bits per heavy atom. The molecule has 2 nitrogen and oxygen atoms in total. The van der Waals surface area contributed by atoms with Gasteiger partial charge < -0.3 is 5.11 Å². The lowest BCUT2D eigenvalue weighted by Gasteiger charge is -2.19. The van der Waals surface area contributed by atoms with Crippen molar-refractivity contribution in [2.24, 2.45) is 0 Å². The average molecular weight is 285 g/mol. The number of hydrogen-bond donors (Lipinski definition) is 1. The number of benzene rings is 1. The molecule has 2 rings (SSSR count). The summed E-state index contributed by atoms with van der Waals surface area (Å²) in [6.07, 6.45) is 1.26. The first-order chi connectivity index (χ1) is 7.59. The molecule has 0 aliphatic heterocycles. The number of fused-ring (bicyclic) bond motifs is 1. The summed E-state index contributed by atoms with van der Waals surface area (Å²) in [4.78, 5) is 10.7. The van der Waals surface area contributed by atoms with Crippen LogP contribution >= 0.6 is 15.9 Å². The van der Waals surface area contributed by atoms with Crippen LogP contribution in [0.25, 0.3) is 5.57 Å². The Bertz CT molecular complexity index is 468. The number of aryl methyl sites for hydroxylation is 1. The molecule has 0 heterocycles. The number of alkyl halides is 1. The average Bonchev–Trinajstić information content (AvgIpc) is 2.27. The van der Waals surface area contributed by atoms with Crippen LogP contribution in [0.5, 0.6) is 0 Å². The predicted molar refractivity (Wildman–Crippen MR) is 63.0 cm³/mol. The van der Waals surface area contributed by atoms with Crippen molar-refractivity contribution < 1.29 is 14.3 Å². The number of carboxylic acids is 1. The number of halogens is 2. The van der Waals surface area contributed by atoms with E-state index in [1.807, 2.05) is 12.1 Å². The van der Waals surface area contributed by atoms with Crippen molar-refractivity contribution in [3.05, 3.63) is 39.9 Å². The van der Waals surface area contributed by atoms with Crippen LogP contribution in [-0.4, -0.2) is 17.2 Å². The van der Waals surface area contributed by atoms with Crippen LogP contribution in [0.4, 0.5) is 4.39 Å². The summed E-state index contributed by atoms with van der Waals surface area (Å²) in [5.41, 5.74) is 1.98. The summed E-state index contributed by atoms with van der Waals surface area (Å²) < 4.78 is 14.4. The van der Waals surface area contributed by atoms with Gasteiger partial charge in [-0.05, 0) is 36.1 Å². The number of carboxylic acid groups (broad SMARTS) is 1. The van der Waals surface area contributed by atoms with E-state index in [1.54, 1.807) is 12.1 Å². The highest BCUT2D eigenvalue weighted by Crippen LogP contribution is 2.32. The standard InChI is InChI=1S/C12H10BrFO2/c13-8-5-4-7-2-1-3-9(10(7)6-8)11(14)12(15)16/h3-6,11H,1-2H2,(H,15,16). The smallest absolute Gasteiger partial charge is 0.343 e. The van der Waals surface area contributed by atoms with Gasteiger partial charge in [0.2, 0.25) is 6.17 Å². The van der Waals surface area contributed by atoms with Gasteiger partial charge in [-0.2, -0.15) is 0 Å². The van der Waals surface area contributed by atoms with Crippen molar-refractivity contribution in [3.63, 3.8) is 0 Å². The first-order valence-corrected chi connectivity index (χ1v) is 5.74. The van der Waals surface area contributed by atoms with Gasteiger partial charge in [-0.25, -0.2) is 9.18 Å². The summed E-state index contributed by atoms with van der Waals surface area (Å²) in [7, 11) is 0. The van der Waals surface area contributed by atoms with E-state index in [4.69, 9.17) is 5.11 Å². The number of aliphatic carboxylic acids is 1. The zero-order valence-corrected chi connectivity index (χ0v) is 10.00. The van der Waals surface area contributed by atoms with Gasteiger partial charge in [0.15, 0.2) is 0 Å². The van der Waals surface area contributed by atoms with E-state index in [9.17, 15) is 9.18 Å². The second-order valence-corrected chi connectivity index (χ2v) is 4.62. The molecule has 1 N–H and O–H groups in total. The quantitative estimate of drug-likeness (QED) is 0.906. The maximum absolute atomic E-state index is 13.5. The van der Waals surface area contributed by atoms with E-state index in [2.05, 4.69) is 15.9 Å². The molecule has 0 spiro atoms. The van der Waals surface area contributed by atoms with Gasteiger partial charge in [0.25, 0.3) is 0 Å². The Balaban J connectivity index is 2.47. The van der Waals surface area contributed by atoms with E-state index in [-0.39, 0.29) is 5.57 Å². The minimum absolute atomic E-state index is 0.273. The van der Waals surface area contributed by atoms with Gasteiger partial charge in [-0.1, -0.05) is 28.1 Å². The Morgan fingerprint density at radius 3 is 2.94 bits per heavy atom. The second-order valence-electron chi connectivity index (χ2n) is 3.70. The molecular weight excluding hydrogens is 275 g/mol. The predicted octanol–water partition coefficient (Wildman–Crippen LogP) is 3.20. The minimum Gasteiger partial charge on any atom is -0.479 e. The van der Waals surface area contributed by atoms with Crippen molar-refractivity contribution in [2.45, 2.75) is 19.0 Å². The van der Waals surface area contributed by atoms with Crippen LogP contribution in [0.1, 0.15) is 17.5 Å². The maximum Gasteiger partial charge on any atom is 0.343 e. The molecule has 0 saturated carbocycles. The molecule has 1 aromatic carbocycles. The van der Waals surface area contributed by atoms with Gasteiger partial charge in [0.1, 0.15) is 0 Å². The molecule has 4 heteroatoms. The second kappa shape index (κ2) is 4.37. The van der Waals surface area contributed by atoms with E-state index in [1.165, 1.54) is 0 Å². The molecule has 0 fully saturated rings. The van der Waals surface area contributed by atoms with Crippen molar-refractivity contribution in [2.75, 3.05) is 0 Å². The Kier molecular flexibility index (Phi) is 3.10. The fourth-order valence-corrected chi connectivity index (χ4v) is 2.26. The molecule has 0 saturated heterocycles. The third kappa shape index (κ3) is 2.02. The molecule has 1 unspecified atom stereocenters. The normalized spacial score (nSPS) is 16.2. The summed E-state index contributed by atoms with van der Waals surface area (Å²) in [5, 5.41) is 8.70. The third-order valence-electron chi connectivity index (χ3n) is 2.65. The lowest BCUT2D eigenvalue weighted by Crippen LogP contribution is -2.18. The largest absolute Gasteiger partial charge is 0.479 e. The fourth-order valence-electron chi connectivity index (χ4n) is 1.90. The summed E-state index contributed by atoms with van der Waals surface area (Å²) in [6.45, 7) is 0. The molecular formula is C12H10BrFO2. The number of allylic oxidation sites excluding steroid dienone is 1. The van der Waals surface area contributed by atoms with Crippen LogP contribution in [0.3, 0.4) is 0 Å². The van der Waals surface area contributed by atoms with Crippen LogP contribution < -0.4 is 0 Å². The first-order valence-electron chi connectivity index (χ1n) is 4.95. The van der Waals surface area contributed by atoms with Crippen molar-refractivity contribution in [1.29, 1.82) is 0 Å². The highest BCUT2D eigenvalue weighted by Gasteiger charge is 2.26. The molecule has 1 aromatic rings. The summed E-state index contributed by atoms with van der Waals surface area (Å²) in [5.74, 6) is -1.43. The number of hydrogen-bond acceptors (Lipinski definition) is 1. The maximum atomic E-state index is 13.5. The SMILES string of the molecule is O=C(O)C(F)C1=CCCc2ccc(Br)cc21. The van der Waals surface area contributed by atoms with Crippen molar-refractivity contribution in [3.8, 4) is 0 Å². The van der Waals surface area contributed by atoms with Gasteiger partial charge in [0.05, 0.1) is 0 Å². The zero-order chi connectivity index (χ0) is 11.7. The molecule has 0 radical (unpaired) electrons. The highest BCUT2D eigenvalue weighted by atomic mass is 79.9. The number of carbonyl (C=O) groups is 1. The molecule has 0 amide bonds. The monoisotopic (exact) mass is 284 g/mol. The van der Waals surface area contributed by atoms with Gasteiger partial charge in [-0.15, -0.1) is 0 Å². The zero-order valence-electron chi connectivity index (χ0n) is 8.41. The van der Waals surface area contributed by atoms with Gasteiger partial charge in [-0.3, -0.25) is 0 Å². The third-order valence-corrected chi connectivity index (χ3v) is 3.14. The minimum atomic E-state index is -1.94. The van der Waals surface area contributed by atoms with E-state index in [0.29, 0.717) is 12.0 Å². The Morgan fingerprint density at radius 1 is 1.50 bits per heavy atom. The first kappa shape index (κ1) is 11.3. The van der Waals surface area contributed by atoms with Crippen LogP contribution in [0, 0.1) is 0 Å². The Labute approximate surface area is 101 Å². The molecule has 0 bridgehead atoms. The van der Waals surface area contributed by atoms with E-state index < -0.39 is 12.1 Å². The molecule has 84 valence electrons. The highest BCUT2D eigenvalue weighted by molar-refractivity contribution is 9.10. The Hall–Kier alpha value is -1.16. The van der Waals surface area contributed by atoms with Crippen LogP contribution in [0.15, 0.2) is 28.7 Å². The lowest BCUT2D eigenvalue weighted by atomic mass is 9.88. The van der Waals surface area contributed by atoms with Crippen LogP contribution in [0.2, 0.25) is 0 Å². The molecule has 1 aliphatic rings. The van der Waals surface area contributed by atoms with Crippen molar-refractivity contribution in [1.82, 2.24) is 0 Å². The topological polar surface area (TPSA) is 37.3 Å². The van der Waals surface area contributed by atoms with Crippen molar-refractivity contribution >= 4 is 27.5 Å². The molecule has 0 aromatic heterocycles. The van der Waals surface area contributed by atoms with E-state index >= 15 is 0 Å². The lowest BCUT2D eigenvalue weighted by molar-refractivity contribution is -0.140.